The van der Waals surface area contributed by atoms with Crippen LogP contribution in [0.15, 0.2) is 24.3 Å². The van der Waals surface area contributed by atoms with Crippen LogP contribution in [0.4, 0.5) is 0 Å². The second kappa shape index (κ2) is 5.10. The summed E-state index contributed by atoms with van der Waals surface area (Å²) in [7, 11) is -1.97. The maximum Gasteiger partial charge on any atom is 0.218 e. The van der Waals surface area contributed by atoms with E-state index in [-0.39, 0.29) is 12.3 Å². The molecule has 1 rings (SSSR count). The zero-order valence-corrected chi connectivity index (χ0v) is 10.2. The molecule has 0 aliphatic heterocycles. The van der Waals surface area contributed by atoms with Crippen molar-refractivity contribution in [1.82, 2.24) is 4.31 Å². The van der Waals surface area contributed by atoms with Crippen molar-refractivity contribution >= 4 is 10.0 Å². The van der Waals surface area contributed by atoms with Crippen LogP contribution in [0, 0.1) is 18.3 Å². The van der Waals surface area contributed by atoms with Crippen molar-refractivity contribution in [3.8, 4) is 6.07 Å². The molecule has 86 valence electrons. The monoisotopic (exact) mass is 238 g/mol. The summed E-state index contributed by atoms with van der Waals surface area (Å²) >= 11 is 0. The number of nitrogens with zero attached hydrogens (tertiary/aromatic N) is 2. The molecule has 0 spiro atoms. The Balaban J connectivity index is 2.85. The lowest BCUT2D eigenvalue weighted by atomic mass is 10.2. The fraction of sp³-hybridized carbons (Fsp3) is 0.364. The first-order valence-corrected chi connectivity index (χ1v) is 6.43. The van der Waals surface area contributed by atoms with Crippen LogP contribution < -0.4 is 0 Å². The SMILES string of the molecule is Cc1cccc(CS(=O)(=O)N(C)CC#N)c1. The van der Waals surface area contributed by atoms with E-state index in [9.17, 15) is 8.42 Å². The maximum atomic E-state index is 11.8. The second-order valence-electron chi connectivity index (χ2n) is 3.66. The number of rotatable bonds is 4. The van der Waals surface area contributed by atoms with E-state index in [1.54, 1.807) is 6.07 Å². The van der Waals surface area contributed by atoms with Gasteiger partial charge in [-0.05, 0) is 12.5 Å². The van der Waals surface area contributed by atoms with Gasteiger partial charge in [-0.25, -0.2) is 8.42 Å². The molecule has 0 saturated carbocycles. The first-order chi connectivity index (χ1) is 7.45. The molecular weight excluding hydrogens is 224 g/mol. The molecule has 0 bridgehead atoms. The van der Waals surface area contributed by atoms with Crippen molar-refractivity contribution in [2.75, 3.05) is 13.6 Å². The highest BCUT2D eigenvalue weighted by Gasteiger charge is 2.17. The van der Waals surface area contributed by atoms with Gasteiger partial charge in [0.15, 0.2) is 0 Å². The van der Waals surface area contributed by atoms with Gasteiger partial charge in [0, 0.05) is 7.05 Å². The zero-order valence-electron chi connectivity index (χ0n) is 9.34. The molecule has 16 heavy (non-hydrogen) atoms. The highest BCUT2D eigenvalue weighted by atomic mass is 32.2. The molecule has 0 aliphatic carbocycles. The minimum absolute atomic E-state index is 0.0626. The van der Waals surface area contributed by atoms with Crippen LogP contribution >= 0.6 is 0 Å². The Kier molecular flexibility index (Phi) is 4.05. The standard InChI is InChI=1S/C11H14N2O2S/c1-10-4-3-5-11(8-10)9-16(14,15)13(2)7-6-12/h3-5,8H,7,9H2,1-2H3. The number of benzene rings is 1. The summed E-state index contributed by atoms with van der Waals surface area (Å²) in [4.78, 5) is 0. The Morgan fingerprint density at radius 1 is 1.44 bits per heavy atom. The minimum Gasteiger partial charge on any atom is -0.212 e. The molecule has 0 fully saturated rings. The predicted octanol–water partition coefficient (Wildman–Crippen LogP) is 1.28. The zero-order chi connectivity index (χ0) is 12.2. The lowest BCUT2D eigenvalue weighted by molar-refractivity contribution is 0.500. The van der Waals surface area contributed by atoms with E-state index in [0.717, 1.165) is 15.4 Å². The van der Waals surface area contributed by atoms with Crippen molar-refractivity contribution in [3.63, 3.8) is 0 Å². The molecule has 0 N–H and O–H groups in total. The van der Waals surface area contributed by atoms with Crippen LogP contribution in [0.2, 0.25) is 0 Å². The Morgan fingerprint density at radius 2 is 2.12 bits per heavy atom. The van der Waals surface area contributed by atoms with Gasteiger partial charge in [0.1, 0.15) is 6.54 Å². The highest BCUT2D eigenvalue weighted by molar-refractivity contribution is 7.88. The van der Waals surface area contributed by atoms with Gasteiger partial charge in [0.2, 0.25) is 10.0 Å². The molecule has 0 amide bonds. The molecule has 0 unspecified atom stereocenters. The summed E-state index contributed by atoms with van der Waals surface area (Å²) in [5.41, 5.74) is 1.76. The summed E-state index contributed by atoms with van der Waals surface area (Å²) in [6.45, 7) is 1.79. The van der Waals surface area contributed by atoms with Crippen molar-refractivity contribution in [1.29, 1.82) is 5.26 Å². The van der Waals surface area contributed by atoms with E-state index in [2.05, 4.69) is 0 Å². The smallest absolute Gasteiger partial charge is 0.212 e. The van der Waals surface area contributed by atoms with Gasteiger partial charge >= 0.3 is 0 Å². The van der Waals surface area contributed by atoms with Crippen LogP contribution in [0.3, 0.4) is 0 Å². The van der Waals surface area contributed by atoms with Crippen LogP contribution in [0.1, 0.15) is 11.1 Å². The largest absolute Gasteiger partial charge is 0.218 e. The quantitative estimate of drug-likeness (QED) is 0.742. The number of sulfonamides is 1. The van der Waals surface area contributed by atoms with Gasteiger partial charge in [-0.3, -0.25) is 0 Å². The molecule has 0 radical (unpaired) electrons. The molecular formula is C11H14N2O2S. The Bertz CT molecular complexity index is 503. The van der Waals surface area contributed by atoms with Crippen LogP contribution in [-0.2, 0) is 15.8 Å². The fourth-order valence-electron chi connectivity index (χ4n) is 1.32. The summed E-state index contributed by atoms with van der Waals surface area (Å²) in [5.74, 6) is -0.0626. The lowest BCUT2D eigenvalue weighted by Crippen LogP contribution is -2.28. The summed E-state index contributed by atoms with van der Waals surface area (Å²) in [6, 6.07) is 9.15. The van der Waals surface area contributed by atoms with Gasteiger partial charge in [0.25, 0.3) is 0 Å². The van der Waals surface area contributed by atoms with E-state index in [1.165, 1.54) is 7.05 Å². The Labute approximate surface area is 96.2 Å². The van der Waals surface area contributed by atoms with E-state index >= 15 is 0 Å². The van der Waals surface area contributed by atoms with E-state index in [4.69, 9.17) is 5.26 Å². The van der Waals surface area contributed by atoms with Gasteiger partial charge in [-0.1, -0.05) is 29.8 Å². The molecule has 4 nitrogen and oxygen atoms in total. The van der Waals surface area contributed by atoms with E-state index < -0.39 is 10.0 Å². The molecule has 0 aromatic heterocycles. The number of aryl methyl sites for hydroxylation is 1. The molecule has 1 aromatic rings. The Hall–Kier alpha value is -1.38. The minimum atomic E-state index is -3.38. The lowest BCUT2D eigenvalue weighted by Gasteiger charge is -2.13. The molecule has 0 aliphatic rings. The second-order valence-corrected chi connectivity index (χ2v) is 5.74. The van der Waals surface area contributed by atoms with E-state index in [1.807, 2.05) is 31.2 Å². The summed E-state index contributed by atoms with van der Waals surface area (Å²) < 4.78 is 24.6. The van der Waals surface area contributed by atoms with E-state index in [0.29, 0.717) is 0 Å². The third-order valence-corrected chi connectivity index (χ3v) is 3.98. The molecule has 0 saturated heterocycles. The predicted molar refractivity (Wildman–Crippen MR) is 62.0 cm³/mol. The molecule has 1 aromatic carbocycles. The van der Waals surface area contributed by atoms with Crippen LogP contribution in [0.5, 0.6) is 0 Å². The third-order valence-electron chi connectivity index (χ3n) is 2.20. The normalized spacial score (nSPS) is 11.4. The Morgan fingerprint density at radius 3 is 2.69 bits per heavy atom. The van der Waals surface area contributed by atoms with Crippen molar-refractivity contribution < 1.29 is 8.42 Å². The molecule has 5 heteroatoms. The number of nitriles is 1. The van der Waals surface area contributed by atoms with Gasteiger partial charge < -0.3 is 0 Å². The van der Waals surface area contributed by atoms with Crippen molar-refractivity contribution in [3.05, 3.63) is 35.4 Å². The van der Waals surface area contributed by atoms with Crippen molar-refractivity contribution in [2.24, 2.45) is 0 Å². The van der Waals surface area contributed by atoms with Crippen molar-refractivity contribution in [2.45, 2.75) is 12.7 Å². The van der Waals surface area contributed by atoms with Gasteiger partial charge in [0.05, 0.1) is 11.8 Å². The average Bonchev–Trinajstić information content (AvgIpc) is 2.17. The first-order valence-electron chi connectivity index (χ1n) is 4.82. The molecule has 0 atom stereocenters. The average molecular weight is 238 g/mol. The summed E-state index contributed by atoms with van der Waals surface area (Å²) in [5, 5.41) is 8.45. The number of hydrogen-bond donors (Lipinski definition) is 0. The first kappa shape index (κ1) is 12.7. The molecule has 0 heterocycles. The van der Waals surface area contributed by atoms with Gasteiger partial charge in [-0.15, -0.1) is 0 Å². The van der Waals surface area contributed by atoms with Crippen LogP contribution in [-0.4, -0.2) is 26.3 Å². The summed E-state index contributed by atoms with van der Waals surface area (Å²) in [6.07, 6.45) is 0. The third kappa shape index (κ3) is 3.33. The maximum absolute atomic E-state index is 11.8. The highest BCUT2D eigenvalue weighted by Crippen LogP contribution is 2.10. The topological polar surface area (TPSA) is 61.2 Å². The number of hydrogen-bond acceptors (Lipinski definition) is 3. The van der Waals surface area contributed by atoms with Gasteiger partial charge in [-0.2, -0.15) is 9.57 Å². The fourth-order valence-corrected chi connectivity index (χ4v) is 2.40. The van der Waals surface area contributed by atoms with Crippen LogP contribution in [0.25, 0.3) is 0 Å².